The van der Waals surface area contributed by atoms with Crippen LogP contribution in [0, 0.1) is 0 Å². The van der Waals surface area contributed by atoms with Crippen LogP contribution in [-0.2, 0) is 12.0 Å². The van der Waals surface area contributed by atoms with Crippen molar-refractivity contribution in [1.82, 2.24) is 4.90 Å². The lowest BCUT2D eigenvalue weighted by Crippen LogP contribution is -2.28. The van der Waals surface area contributed by atoms with Gasteiger partial charge in [-0.3, -0.25) is 4.90 Å². The molecule has 1 aliphatic rings. The zero-order valence-electron chi connectivity index (χ0n) is 22.4. The second kappa shape index (κ2) is 12.5. The van der Waals surface area contributed by atoms with Crippen LogP contribution in [0.1, 0.15) is 69.4 Å². The normalized spacial score (nSPS) is 12.5. The molecule has 0 spiro atoms. The molecule has 1 heteroatoms. The molecule has 0 fully saturated rings. The minimum absolute atomic E-state index is 0.290. The molecule has 0 aliphatic heterocycles. The number of fused-ring (bicyclic) bond motifs is 3. The zero-order valence-corrected chi connectivity index (χ0v) is 22.4. The molecule has 0 heterocycles. The Labute approximate surface area is 213 Å². The number of nitrogens with zero attached hydrogens (tertiary/aromatic N) is 1. The van der Waals surface area contributed by atoms with Gasteiger partial charge in [0.05, 0.1) is 5.41 Å². The molecule has 0 bridgehead atoms. The molecule has 182 valence electrons. The predicted molar refractivity (Wildman–Crippen MR) is 153 cm³/mol. The number of rotatable bonds is 6. The summed E-state index contributed by atoms with van der Waals surface area (Å²) in [5, 5.41) is 0. The van der Waals surface area contributed by atoms with E-state index in [0.29, 0.717) is 0 Å². The fourth-order valence-corrected chi connectivity index (χ4v) is 5.30. The number of benzene rings is 4. The van der Waals surface area contributed by atoms with Crippen molar-refractivity contribution in [2.24, 2.45) is 0 Å². The topological polar surface area (TPSA) is 3.24 Å². The van der Waals surface area contributed by atoms with Crippen LogP contribution in [0.5, 0.6) is 0 Å². The van der Waals surface area contributed by atoms with Gasteiger partial charge in [0.1, 0.15) is 0 Å². The van der Waals surface area contributed by atoms with Crippen LogP contribution in [0.3, 0.4) is 0 Å². The lowest BCUT2D eigenvalue weighted by atomic mass is 9.67. The molecule has 0 N–H and O–H groups in total. The van der Waals surface area contributed by atoms with Gasteiger partial charge in [0.15, 0.2) is 0 Å². The van der Waals surface area contributed by atoms with Crippen LogP contribution in [0.4, 0.5) is 0 Å². The summed E-state index contributed by atoms with van der Waals surface area (Å²) in [6, 6.07) is 38.1. The van der Waals surface area contributed by atoms with Gasteiger partial charge in [-0.2, -0.15) is 0 Å². The third-order valence-electron chi connectivity index (χ3n) is 6.82. The van der Waals surface area contributed by atoms with Crippen LogP contribution in [-0.4, -0.2) is 18.0 Å². The first kappa shape index (κ1) is 26.4. The van der Waals surface area contributed by atoms with E-state index < -0.39 is 0 Å². The fraction of sp³-hybridized carbons (Fsp3) is 0.294. The van der Waals surface area contributed by atoms with Gasteiger partial charge in [0, 0.05) is 6.54 Å². The Morgan fingerprint density at radius 2 is 1.03 bits per heavy atom. The van der Waals surface area contributed by atoms with Crippen molar-refractivity contribution in [3.05, 3.63) is 131 Å². The minimum atomic E-state index is -0.290. The lowest BCUT2D eigenvalue weighted by molar-refractivity contribution is 0.296. The molecule has 0 amide bonds. The molecule has 4 aromatic rings. The van der Waals surface area contributed by atoms with Crippen molar-refractivity contribution in [1.29, 1.82) is 0 Å². The molecule has 0 aromatic heterocycles. The van der Waals surface area contributed by atoms with Crippen LogP contribution in [0.25, 0.3) is 11.1 Å². The summed E-state index contributed by atoms with van der Waals surface area (Å²) in [6.45, 7) is 15.6. The molecule has 0 unspecified atom stereocenters. The van der Waals surface area contributed by atoms with Gasteiger partial charge in [0.2, 0.25) is 0 Å². The Kier molecular flexibility index (Phi) is 9.46. The standard InChI is InChI=1S/C30H29N.2C2H6/c1-3-31(4-2)22-23-19-20-29-27(21-23)26-17-11-12-18-28(26)30(29,24-13-7-5-8-14-24)25-15-9-6-10-16-25;2*1-2/h5-21H,3-4,22H2,1-2H3;2*1-2H3. The molecular weight excluding hydrogens is 422 g/mol. The summed E-state index contributed by atoms with van der Waals surface area (Å²) in [4.78, 5) is 2.48. The van der Waals surface area contributed by atoms with E-state index in [2.05, 4.69) is 122 Å². The smallest absolute Gasteiger partial charge is 0.0713 e. The van der Waals surface area contributed by atoms with Crippen molar-refractivity contribution < 1.29 is 0 Å². The van der Waals surface area contributed by atoms with Crippen molar-refractivity contribution >= 4 is 0 Å². The maximum Gasteiger partial charge on any atom is 0.0713 e. The molecule has 0 saturated carbocycles. The summed E-state index contributed by atoms with van der Waals surface area (Å²) in [6.07, 6.45) is 0. The van der Waals surface area contributed by atoms with Gasteiger partial charge in [0.25, 0.3) is 0 Å². The number of hydrogen-bond donors (Lipinski definition) is 0. The van der Waals surface area contributed by atoms with Crippen molar-refractivity contribution in [2.75, 3.05) is 13.1 Å². The van der Waals surface area contributed by atoms with E-state index >= 15 is 0 Å². The average Bonchev–Trinajstić information content (AvgIpc) is 3.25. The summed E-state index contributed by atoms with van der Waals surface area (Å²) in [5.41, 5.74) is 9.22. The average molecular weight is 464 g/mol. The summed E-state index contributed by atoms with van der Waals surface area (Å²) < 4.78 is 0. The quantitative estimate of drug-likeness (QED) is 0.243. The highest BCUT2D eigenvalue weighted by atomic mass is 15.1. The van der Waals surface area contributed by atoms with Crippen molar-refractivity contribution in [3.63, 3.8) is 0 Å². The van der Waals surface area contributed by atoms with Gasteiger partial charge in [-0.15, -0.1) is 0 Å². The van der Waals surface area contributed by atoms with Gasteiger partial charge >= 0.3 is 0 Å². The first-order valence-electron chi connectivity index (χ1n) is 13.4. The summed E-state index contributed by atoms with van der Waals surface area (Å²) in [5.74, 6) is 0. The first-order valence-corrected chi connectivity index (χ1v) is 13.4. The monoisotopic (exact) mass is 463 g/mol. The van der Waals surface area contributed by atoms with Crippen LogP contribution < -0.4 is 0 Å². The van der Waals surface area contributed by atoms with Crippen molar-refractivity contribution in [3.8, 4) is 11.1 Å². The molecule has 1 aliphatic carbocycles. The molecule has 0 atom stereocenters. The Hall–Kier alpha value is -3.16. The summed E-state index contributed by atoms with van der Waals surface area (Å²) in [7, 11) is 0. The zero-order chi connectivity index (χ0) is 25.3. The van der Waals surface area contributed by atoms with E-state index in [9.17, 15) is 0 Å². The van der Waals surface area contributed by atoms with E-state index in [1.54, 1.807) is 0 Å². The Morgan fingerprint density at radius 3 is 1.57 bits per heavy atom. The second-order valence-electron chi connectivity index (χ2n) is 8.37. The van der Waals surface area contributed by atoms with Crippen LogP contribution in [0.15, 0.2) is 103 Å². The SMILES string of the molecule is CC.CC.CCN(CC)Cc1ccc2c(c1)-c1ccccc1C2(c1ccccc1)c1ccccc1. The van der Waals surface area contributed by atoms with Crippen LogP contribution in [0.2, 0.25) is 0 Å². The van der Waals surface area contributed by atoms with E-state index in [0.717, 1.165) is 19.6 Å². The predicted octanol–water partition coefficient (Wildman–Crippen LogP) is 8.94. The first-order chi connectivity index (χ1) is 17.3. The second-order valence-corrected chi connectivity index (χ2v) is 8.37. The highest BCUT2D eigenvalue weighted by Crippen LogP contribution is 2.56. The maximum atomic E-state index is 2.48. The largest absolute Gasteiger partial charge is 0.300 e. The van der Waals surface area contributed by atoms with E-state index in [4.69, 9.17) is 0 Å². The van der Waals surface area contributed by atoms with Crippen molar-refractivity contribution in [2.45, 2.75) is 53.5 Å². The molecular formula is C34H41N. The van der Waals surface area contributed by atoms with Gasteiger partial charge in [-0.25, -0.2) is 0 Å². The highest BCUT2D eigenvalue weighted by molar-refractivity contribution is 5.86. The van der Waals surface area contributed by atoms with Crippen LogP contribution >= 0.6 is 0 Å². The van der Waals surface area contributed by atoms with Gasteiger partial charge < -0.3 is 0 Å². The number of hydrogen-bond acceptors (Lipinski definition) is 1. The molecule has 5 rings (SSSR count). The van der Waals surface area contributed by atoms with E-state index in [1.807, 2.05) is 27.7 Å². The Bertz CT molecular complexity index is 1130. The minimum Gasteiger partial charge on any atom is -0.300 e. The molecule has 1 nitrogen and oxygen atoms in total. The third-order valence-corrected chi connectivity index (χ3v) is 6.82. The fourth-order valence-electron chi connectivity index (χ4n) is 5.30. The third kappa shape index (κ3) is 4.83. The molecule has 35 heavy (non-hydrogen) atoms. The Balaban J connectivity index is 0.000000815. The van der Waals surface area contributed by atoms with E-state index in [1.165, 1.54) is 38.9 Å². The molecule has 0 radical (unpaired) electrons. The summed E-state index contributed by atoms with van der Waals surface area (Å²) >= 11 is 0. The van der Waals surface area contributed by atoms with E-state index in [-0.39, 0.29) is 5.41 Å². The lowest BCUT2D eigenvalue weighted by Gasteiger charge is -2.34. The maximum absolute atomic E-state index is 2.48. The molecule has 0 saturated heterocycles. The highest BCUT2D eigenvalue weighted by Gasteiger charge is 2.45. The Morgan fingerprint density at radius 1 is 0.543 bits per heavy atom. The van der Waals surface area contributed by atoms with Gasteiger partial charge in [-0.1, -0.05) is 139 Å². The molecule has 4 aromatic carbocycles. The van der Waals surface area contributed by atoms with Gasteiger partial charge in [-0.05, 0) is 58.1 Å².